The molecule has 0 N–H and O–H groups in total. The molecule has 2 aliphatic heterocycles. The van der Waals surface area contributed by atoms with Crippen LogP contribution in [-0.4, -0.2) is 37.2 Å². The van der Waals surface area contributed by atoms with Gasteiger partial charge in [0, 0.05) is 21.5 Å². The van der Waals surface area contributed by atoms with Gasteiger partial charge in [0.25, 0.3) is 0 Å². The van der Waals surface area contributed by atoms with Gasteiger partial charge in [-0.3, -0.25) is 4.99 Å². The maximum absolute atomic E-state index is 12.2. The molecule has 2 atom stereocenters. The molecule has 0 unspecified atom stereocenters. The van der Waals surface area contributed by atoms with E-state index in [0.29, 0.717) is 15.8 Å². The summed E-state index contributed by atoms with van der Waals surface area (Å²) in [5, 5.41) is 2.08. The van der Waals surface area contributed by atoms with Crippen LogP contribution in [0, 0.1) is 13.8 Å². The lowest BCUT2D eigenvalue weighted by Gasteiger charge is -2.28. The van der Waals surface area contributed by atoms with Gasteiger partial charge in [-0.1, -0.05) is 58.7 Å². The Morgan fingerprint density at radius 3 is 2.64 bits per heavy atom. The lowest BCUT2D eigenvalue weighted by molar-refractivity contribution is 0.601. The van der Waals surface area contributed by atoms with Crippen molar-refractivity contribution in [3.63, 3.8) is 0 Å². The van der Waals surface area contributed by atoms with Gasteiger partial charge in [-0.05, 0) is 43.2 Å². The van der Waals surface area contributed by atoms with Crippen molar-refractivity contribution in [2.75, 3.05) is 16.4 Å². The SMILES string of the molecule is Cc1ccc(N2C(SCc3ccc(Cl)cc3Cl)=N[C@H]3CS(=O)(=O)C[C@@H]32)c(C)c1. The molecule has 4 nitrogen and oxygen atoms in total. The number of fused-ring (bicyclic) bond motifs is 1. The smallest absolute Gasteiger partial charge is 0.164 e. The highest BCUT2D eigenvalue weighted by molar-refractivity contribution is 8.13. The number of nitrogens with zero attached hydrogens (tertiary/aromatic N) is 2. The van der Waals surface area contributed by atoms with E-state index < -0.39 is 9.84 Å². The molecule has 0 saturated carbocycles. The van der Waals surface area contributed by atoms with Gasteiger partial charge in [-0.25, -0.2) is 8.42 Å². The average molecular weight is 455 g/mol. The number of aryl methyl sites for hydroxylation is 2. The van der Waals surface area contributed by atoms with E-state index in [1.165, 1.54) is 5.56 Å². The van der Waals surface area contributed by atoms with Gasteiger partial charge in [0.1, 0.15) is 0 Å². The second kappa shape index (κ2) is 7.56. The Labute approximate surface area is 179 Å². The minimum Gasteiger partial charge on any atom is -0.315 e. The van der Waals surface area contributed by atoms with Crippen molar-refractivity contribution in [2.24, 2.45) is 4.99 Å². The van der Waals surface area contributed by atoms with E-state index in [4.69, 9.17) is 28.2 Å². The summed E-state index contributed by atoms with van der Waals surface area (Å²) in [6.07, 6.45) is 0. The normalized spacial score (nSPS) is 23.0. The lowest BCUT2D eigenvalue weighted by Crippen LogP contribution is -2.39. The van der Waals surface area contributed by atoms with Gasteiger partial charge in [-0.2, -0.15) is 0 Å². The number of amidine groups is 1. The first kappa shape index (κ1) is 20.1. The summed E-state index contributed by atoms with van der Waals surface area (Å²) in [6.45, 7) is 4.10. The second-order valence-electron chi connectivity index (χ2n) is 7.31. The molecule has 4 rings (SSSR count). The van der Waals surface area contributed by atoms with Crippen LogP contribution >= 0.6 is 35.0 Å². The van der Waals surface area contributed by atoms with Crippen molar-refractivity contribution < 1.29 is 8.42 Å². The highest BCUT2D eigenvalue weighted by Crippen LogP contribution is 2.38. The van der Waals surface area contributed by atoms with Crippen LogP contribution in [0.1, 0.15) is 16.7 Å². The van der Waals surface area contributed by atoms with E-state index >= 15 is 0 Å². The topological polar surface area (TPSA) is 49.7 Å². The zero-order chi connectivity index (χ0) is 20.1. The van der Waals surface area contributed by atoms with Crippen LogP contribution in [-0.2, 0) is 15.6 Å². The Kier molecular flexibility index (Phi) is 5.42. The van der Waals surface area contributed by atoms with Crippen LogP contribution in [0.4, 0.5) is 5.69 Å². The van der Waals surface area contributed by atoms with Crippen LogP contribution in [0.15, 0.2) is 41.4 Å². The maximum Gasteiger partial charge on any atom is 0.164 e. The standard InChI is InChI=1S/C20H20Cl2N2O2S2/c1-12-3-6-18(13(2)7-12)24-19-11-28(25,26)10-17(19)23-20(24)27-9-14-4-5-15(21)8-16(14)22/h3-8,17,19H,9-11H2,1-2H3/t17-,19-/m0/s1. The Hall–Kier alpha value is -1.21. The molecule has 28 heavy (non-hydrogen) atoms. The van der Waals surface area contributed by atoms with Crippen LogP contribution in [0.5, 0.6) is 0 Å². The third-order valence-corrected chi connectivity index (χ3v) is 8.39. The number of halogens is 2. The molecule has 0 spiro atoms. The van der Waals surface area contributed by atoms with Gasteiger partial charge < -0.3 is 4.90 Å². The molecule has 0 radical (unpaired) electrons. The molecule has 0 bridgehead atoms. The maximum atomic E-state index is 12.2. The summed E-state index contributed by atoms with van der Waals surface area (Å²) >= 11 is 13.9. The van der Waals surface area contributed by atoms with Crippen LogP contribution in [0.3, 0.4) is 0 Å². The average Bonchev–Trinajstić information content (AvgIpc) is 3.06. The highest BCUT2D eigenvalue weighted by atomic mass is 35.5. The lowest BCUT2D eigenvalue weighted by atomic mass is 10.1. The van der Waals surface area contributed by atoms with Crippen molar-refractivity contribution in [3.8, 4) is 0 Å². The number of sulfone groups is 1. The van der Waals surface area contributed by atoms with E-state index in [9.17, 15) is 8.42 Å². The molecular formula is C20H20Cl2N2O2S2. The number of hydrogen-bond donors (Lipinski definition) is 0. The number of hydrogen-bond acceptors (Lipinski definition) is 5. The zero-order valence-corrected chi connectivity index (χ0v) is 18.7. The van der Waals surface area contributed by atoms with E-state index in [0.717, 1.165) is 22.0 Å². The summed E-state index contributed by atoms with van der Waals surface area (Å²) in [4.78, 5) is 6.90. The highest BCUT2D eigenvalue weighted by Gasteiger charge is 2.47. The second-order valence-corrected chi connectivity index (χ2v) is 11.2. The van der Waals surface area contributed by atoms with Gasteiger partial charge in [-0.15, -0.1) is 0 Å². The molecule has 2 heterocycles. The molecular weight excluding hydrogens is 435 g/mol. The summed E-state index contributed by atoms with van der Waals surface area (Å²) < 4.78 is 24.4. The first-order chi connectivity index (χ1) is 13.2. The van der Waals surface area contributed by atoms with Crippen molar-refractivity contribution in [1.29, 1.82) is 0 Å². The molecule has 2 aliphatic rings. The summed E-state index contributed by atoms with van der Waals surface area (Å²) in [5.74, 6) is 0.896. The number of aliphatic imine (C=N–C) groups is 1. The van der Waals surface area contributed by atoms with E-state index in [2.05, 4.69) is 36.9 Å². The van der Waals surface area contributed by atoms with Gasteiger partial charge in [0.05, 0.1) is 23.6 Å². The molecule has 1 saturated heterocycles. The fourth-order valence-corrected chi connectivity index (χ4v) is 7.29. The first-order valence-electron chi connectivity index (χ1n) is 8.95. The van der Waals surface area contributed by atoms with Crippen molar-refractivity contribution >= 4 is 55.7 Å². The largest absolute Gasteiger partial charge is 0.315 e. The molecule has 1 fully saturated rings. The fourth-order valence-electron chi connectivity index (χ4n) is 3.77. The van der Waals surface area contributed by atoms with Crippen LogP contribution in [0.25, 0.3) is 0 Å². The minimum atomic E-state index is -3.06. The number of anilines is 1. The monoisotopic (exact) mass is 454 g/mol. The Morgan fingerprint density at radius 1 is 1.14 bits per heavy atom. The number of benzene rings is 2. The Balaban J connectivity index is 1.65. The van der Waals surface area contributed by atoms with Gasteiger partial charge in [0.15, 0.2) is 15.0 Å². The molecule has 0 aromatic heterocycles. The Bertz CT molecular complexity index is 1070. The Morgan fingerprint density at radius 2 is 1.93 bits per heavy atom. The van der Waals surface area contributed by atoms with Gasteiger partial charge in [0.2, 0.25) is 0 Å². The summed E-state index contributed by atoms with van der Waals surface area (Å²) in [7, 11) is -3.06. The van der Waals surface area contributed by atoms with Crippen LogP contribution in [0.2, 0.25) is 10.0 Å². The summed E-state index contributed by atoms with van der Waals surface area (Å²) in [6, 6.07) is 11.3. The third-order valence-electron chi connectivity index (χ3n) is 5.09. The predicted octanol–water partition coefficient (Wildman–Crippen LogP) is 4.89. The van der Waals surface area contributed by atoms with Crippen LogP contribution < -0.4 is 4.90 Å². The fraction of sp³-hybridized carbons (Fsp3) is 0.350. The number of rotatable bonds is 3. The molecule has 2 aromatic rings. The van der Waals surface area contributed by atoms with E-state index in [1.807, 2.05) is 12.1 Å². The van der Waals surface area contributed by atoms with E-state index in [-0.39, 0.29) is 23.6 Å². The van der Waals surface area contributed by atoms with Crippen molar-refractivity contribution in [3.05, 3.63) is 63.1 Å². The third kappa shape index (κ3) is 3.92. The number of thioether (sulfide) groups is 1. The molecule has 0 amide bonds. The van der Waals surface area contributed by atoms with Crippen molar-refractivity contribution in [1.82, 2.24) is 0 Å². The first-order valence-corrected chi connectivity index (χ1v) is 12.5. The predicted molar refractivity (Wildman–Crippen MR) is 120 cm³/mol. The summed E-state index contributed by atoms with van der Waals surface area (Å²) in [5.41, 5.74) is 4.28. The molecule has 148 valence electrons. The van der Waals surface area contributed by atoms with E-state index in [1.54, 1.807) is 17.8 Å². The minimum absolute atomic E-state index is 0.116. The molecule has 0 aliphatic carbocycles. The molecule has 2 aromatic carbocycles. The van der Waals surface area contributed by atoms with Gasteiger partial charge >= 0.3 is 0 Å². The zero-order valence-electron chi connectivity index (χ0n) is 15.5. The van der Waals surface area contributed by atoms with Crippen molar-refractivity contribution in [2.45, 2.75) is 31.7 Å². The quantitative estimate of drug-likeness (QED) is 0.662. The molecule has 8 heteroatoms.